The van der Waals surface area contributed by atoms with Crippen molar-refractivity contribution in [2.75, 3.05) is 12.4 Å². The standard InChI is InChI=1S/C18H18N4O/c1-11-5-3-4-6-15(11)22-17-13(16(19-2)21-18(22)23)9-10-14(20-17)12-7-8-12/h3-6,9-10,12H,7-8H2,1-2H3,(H,19,21,23). The van der Waals surface area contributed by atoms with Gasteiger partial charge in [0.25, 0.3) is 0 Å². The minimum atomic E-state index is -0.309. The molecule has 1 saturated carbocycles. The van der Waals surface area contributed by atoms with Gasteiger partial charge in [0, 0.05) is 18.7 Å². The van der Waals surface area contributed by atoms with Crippen molar-refractivity contribution in [3.63, 3.8) is 0 Å². The number of anilines is 1. The van der Waals surface area contributed by atoms with Crippen LogP contribution in [0.15, 0.2) is 41.2 Å². The normalized spacial score (nSPS) is 14.2. The van der Waals surface area contributed by atoms with Crippen LogP contribution in [0.4, 0.5) is 5.82 Å². The zero-order valence-corrected chi connectivity index (χ0v) is 13.2. The van der Waals surface area contributed by atoms with Gasteiger partial charge in [0.2, 0.25) is 0 Å². The third kappa shape index (κ3) is 2.29. The molecular formula is C18H18N4O. The molecule has 1 aliphatic carbocycles. The minimum absolute atomic E-state index is 0.309. The van der Waals surface area contributed by atoms with E-state index in [0.29, 0.717) is 17.4 Å². The van der Waals surface area contributed by atoms with Gasteiger partial charge in [-0.1, -0.05) is 18.2 Å². The summed E-state index contributed by atoms with van der Waals surface area (Å²) in [5, 5.41) is 3.86. The van der Waals surface area contributed by atoms with E-state index in [1.807, 2.05) is 37.3 Å². The molecule has 0 amide bonds. The number of hydrogen-bond acceptors (Lipinski definition) is 4. The minimum Gasteiger partial charge on any atom is -0.372 e. The quantitative estimate of drug-likeness (QED) is 0.808. The lowest BCUT2D eigenvalue weighted by atomic mass is 10.2. The van der Waals surface area contributed by atoms with E-state index < -0.39 is 0 Å². The molecule has 1 aliphatic rings. The maximum atomic E-state index is 12.6. The van der Waals surface area contributed by atoms with Gasteiger partial charge in [0.1, 0.15) is 5.82 Å². The van der Waals surface area contributed by atoms with Crippen LogP contribution in [0.5, 0.6) is 0 Å². The van der Waals surface area contributed by atoms with Crippen LogP contribution in [-0.2, 0) is 0 Å². The van der Waals surface area contributed by atoms with Gasteiger partial charge in [-0.3, -0.25) is 0 Å². The Morgan fingerprint density at radius 2 is 1.91 bits per heavy atom. The van der Waals surface area contributed by atoms with Crippen molar-refractivity contribution in [2.24, 2.45) is 0 Å². The van der Waals surface area contributed by atoms with Crippen molar-refractivity contribution >= 4 is 16.9 Å². The maximum Gasteiger partial charge on any atom is 0.355 e. The molecule has 0 bridgehead atoms. The summed E-state index contributed by atoms with van der Waals surface area (Å²) in [6.45, 7) is 1.99. The highest BCUT2D eigenvalue weighted by molar-refractivity contribution is 5.87. The molecule has 0 spiro atoms. The second-order valence-corrected chi connectivity index (χ2v) is 6.00. The highest BCUT2D eigenvalue weighted by atomic mass is 16.1. The first kappa shape index (κ1) is 13.9. The fourth-order valence-electron chi connectivity index (χ4n) is 2.94. The SMILES string of the molecule is CNc1nc(=O)n(-c2ccccc2C)c2nc(C3CC3)ccc12. The Balaban J connectivity index is 2.09. The molecule has 0 radical (unpaired) electrons. The fraction of sp³-hybridized carbons (Fsp3) is 0.278. The van der Waals surface area contributed by atoms with Crippen LogP contribution in [0.25, 0.3) is 16.7 Å². The number of hydrogen-bond donors (Lipinski definition) is 1. The molecule has 0 atom stereocenters. The molecule has 4 rings (SSSR count). The zero-order valence-electron chi connectivity index (χ0n) is 13.2. The summed E-state index contributed by atoms with van der Waals surface area (Å²) in [5.41, 5.74) is 3.28. The monoisotopic (exact) mass is 306 g/mol. The summed E-state index contributed by atoms with van der Waals surface area (Å²) in [6.07, 6.45) is 2.36. The molecule has 0 aliphatic heterocycles. The summed E-state index contributed by atoms with van der Waals surface area (Å²) >= 11 is 0. The van der Waals surface area contributed by atoms with E-state index in [-0.39, 0.29) is 5.69 Å². The molecule has 1 N–H and O–H groups in total. The van der Waals surface area contributed by atoms with Gasteiger partial charge < -0.3 is 5.32 Å². The average Bonchev–Trinajstić information content (AvgIpc) is 3.40. The topological polar surface area (TPSA) is 59.8 Å². The molecule has 116 valence electrons. The fourth-order valence-corrected chi connectivity index (χ4v) is 2.94. The Kier molecular flexibility index (Phi) is 3.15. The van der Waals surface area contributed by atoms with E-state index in [1.165, 1.54) is 12.8 Å². The van der Waals surface area contributed by atoms with Crippen LogP contribution in [0.3, 0.4) is 0 Å². The van der Waals surface area contributed by atoms with Crippen molar-refractivity contribution in [2.45, 2.75) is 25.7 Å². The highest BCUT2D eigenvalue weighted by Crippen LogP contribution is 2.39. The van der Waals surface area contributed by atoms with Gasteiger partial charge in [-0.25, -0.2) is 14.3 Å². The van der Waals surface area contributed by atoms with Crippen molar-refractivity contribution in [1.82, 2.24) is 14.5 Å². The third-order valence-corrected chi connectivity index (χ3v) is 4.35. The Hall–Kier alpha value is -2.69. The van der Waals surface area contributed by atoms with Crippen LogP contribution in [0.2, 0.25) is 0 Å². The molecule has 3 aromatic rings. The smallest absolute Gasteiger partial charge is 0.355 e. The molecule has 2 aromatic heterocycles. The average molecular weight is 306 g/mol. The molecule has 5 nitrogen and oxygen atoms in total. The first-order valence-electron chi connectivity index (χ1n) is 7.86. The number of para-hydroxylation sites is 1. The predicted molar refractivity (Wildman–Crippen MR) is 91.4 cm³/mol. The number of benzene rings is 1. The molecule has 0 saturated heterocycles. The molecule has 5 heteroatoms. The second kappa shape index (κ2) is 5.19. The van der Waals surface area contributed by atoms with Gasteiger partial charge in [-0.15, -0.1) is 0 Å². The van der Waals surface area contributed by atoms with Gasteiger partial charge in [-0.05, 0) is 43.5 Å². The first-order chi connectivity index (χ1) is 11.2. The van der Waals surface area contributed by atoms with E-state index in [4.69, 9.17) is 4.98 Å². The third-order valence-electron chi connectivity index (χ3n) is 4.35. The number of aryl methyl sites for hydroxylation is 1. The van der Waals surface area contributed by atoms with E-state index >= 15 is 0 Å². The van der Waals surface area contributed by atoms with Crippen LogP contribution in [0.1, 0.15) is 30.0 Å². The lowest BCUT2D eigenvalue weighted by Gasteiger charge is -2.14. The number of aromatic nitrogens is 3. The Morgan fingerprint density at radius 1 is 1.13 bits per heavy atom. The molecule has 0 unspecified atom stereocenters. The number of pyridine rings is 1. The van der Waals surface area contributed by atoms with Crippen LogP contribution < -0.4 is 11.0 Å². The summed E-state index contributed by atoms with van der Waals surface area (Å²) < 4.78 is 1.62. The molecule has 1 fully saturated rings. The van der Waals surface area contributed by atoms with Crippen molar-refractivity contribution < 1.29 is 0 Å². The van der Waals surface area contributed by atoms with E-state index in [9.17, 15) is 4.79 Å². The Morgan fingerprint density at radius 3 is 2.61 bits per heavy atom. The number of nitrogens with zero attached hydrogens (tertiary/aromatic N) is 3. The first-order valence-corrected chi connectivity index (χ1v) is 7.86. The largest absolute Gasteiger partial charge is 0.372 e. The Bertz CT molecular complexity index is 957. The van der Waals surface area contributed by atoms with Gasteiger partial charge >= 0.3 is 5.69 Å². The van der Waals surface area contributed by atoms with Gasteiger partial charge in [-0.2, -0.15) is 4.98 Å². The Labute approximate surface area is 134 Å². The van der Waals surface area contributed by atoms with Crippen molar-refractivity contribution in [3.05, 3.63) is 58.1 Å². The van der Waals surface area contributed by atoms with Gasteiger partial charge in [0.15, 0.2) is 5.65 Å². The van der Waals surface area contributed by atoms with Crippen LogP contribution >= 0.6 is 0 Å². The number of rotatable bonds is 3. The molecular weight excluding hydrogens is 288 g/mol. The molecule has 2 heterocycles. The van der Waals surface area contributed by atoms with E-state index in [1.54, 1.807) is 11.6 Å². The summed E-state index contributed by atoms with van der Waals surface area (Å²) in [4.78, 5) is 21.6. The van der Waals surface area contributed by atoms with Crippen LogP contribution in [0, 0.1) is 6.92 Å². The molecule has 23 heavy (non-hydrogen) atoms. The lowest BCUT2D eigenvalue weighted by Crippen LogP contribution is -2.24. The van der Waals surface area contributed by atoms with Crippen molar-refractivity contribution in [3.8, 4) is 5.69 Å². The second-order valence-electron chi connectivity index (χ2n) is 6.00. The summed E-state index contributed by atoms with van der Waals surface area (Å²) in [7, 11) is 1.77. The zero-order chi connectivity index (χ0) is 16.0. The molecule has 1 aromatic carbocycles. The van der Waals surface area contributed by atoms with E-state index in [2.05, 4.69) is 16.4 Å². The summed E-state index contributed by atoms with van der Waals surface area (Å²) in [5.74, 6) is 1.11. The number of fused-ring (bicyclic) bond motifs is 1. The van der Waals surface area contributed by atoms with Crippen LogP contribution in [-0.4, -0.2) is 21.6 Å². The number of nitrogens with one attached hydrogen (secondary N) is 1. The lowest BCUT2D eigenvalue weighted by molar-refractivity contribution is 0.918. The van der Waals surface area contributed by atoms with Crippen molar-refractivity contribution in [1.29, 1.82) is 0 Å². The maximum absolute atomic E-state index is 12.6. The highest BCUT2D eigenvalue weighted by Gasteiger charge is 2.26. The summed E-state index contributed by atoms with van der Waals surface area (Å²) in [6, 6.07) is 11.9. The van der Waals surface area contributed by atoms with E-state index in [0.717, 1.165) is 22.3 Å². The predicted octanol–water partition coefficient (Wildman–Crippen LogP) is 3.01. The van der Waals surface area contributed by atoms with Gasteiger partial charge in [0.05, 0.1) is 11.1 Å².